The third-order valence-electron chi connectivity index (χ3n) is 4.52. The lowest BCUT2D eigenvalue weighted by Crippen LogP contribution is -2.03. The lowest BCUT2D eigenvalue weighted by Gasteiger charge is -2.12. The molecule has 0 saturated carbocycles. The third kappa shape index (κ3) is 3.75. The topological polar surface area (TPSA) is 95.2 Å². The van der Waals surface area contributed by atoms with Gasteiger partial charge < -0.3 is 20.5 Å². The molecule has 7 nitrogen and oxygen atoms in total. The van der Waals surface area contributed by atoms with E-state index in [1.165, 1.54) is 0 Å². The number of benzene rings is 2. The molecule has 0 unspecified atom stereocenters. The van der Waals surface area contributed by atoms with Crippen LogP contribution >= 0.6 is 0 Å². The standard InChI is InChI=1S/C22H21N5O2/c1-13-5-4-6-15(11-13)24-21-20-17(26-22(23)27-21)9-8-16(25-20)14-7-10-18(28-2)19(12-14)29-3/h4-12H,1-3H3,(H3,23,24,26,27). The van der Waals surface area contributed by atoms with Gasteiger partial charge in [0, 0.05) is 11.3 Å². The highest BCUT2D eigenvalue weighted by Gasteiger charge is 2.12. The molecule has 0 aliphatic rings. The largest absolute Gasteiger partial charge is 0.493 e. The van der Waals surface area contributed by atoms with E-state index in [1.54, 1.807) is 14.2 Å². The van der Waals surface area contributed by atoms with E-state index in [1.807, 2.05) is 61.5 Å². The highest BCUT2D eigenvalue weighted by molar-refractivity contribution is 5.90. The number of anilines is 3. The van der Waals surface area contributed by atoms with Gasteiger partial charge in [-0.15, -0.1) is 0 Å². The summed E-state index contributed by atoms with van der Waals surface area (Å²) in [5.41, 5.74) is 10.9. The molecule has 0 aliphatic heterocycles. The Labute approximate surface area is 168 Å². The lowest BCUT2D eigenvalue weighted by molar-refractivity contribution is 0.355. The van der Waals surface area contributed by atoms with Crippen molar-refractivity contribution in [2.45, 2.75) is 6.92 Å². The summed E-state index contributed by atoms with van der Waals surface area (Å²) in [6.45, 7) is 2.03. The minimum absolute atomic E-state index is 0.188. The zero-order valence-electron chi connectivity index (χ0n) is 16.4. The van der Waals surface area contributed by atoms with E-state index in [-0.39, 0.29) is 5.95 Å². The summed E-state index contributed by atoms with van der Waals surface area (Å²) < 4.78 is 10.7. The van der Waals surface area contributed by atoms with Gasteiger partial charge >= 0.3 is 0 Å². The first-order valence-electron chi connectivity index (χ1n) is 9.08. The van der Waals surface area contributed by atoms with E-state index in [0.29, 0.717) is 28.4 Å². The first-order valence-corrected chi connectivity index (χ1v) is 9.08. The van der Waals surface area contributed by atoms with Crippen LogP contribution in [0.5, 0.6) is 11.5 Å². The Balaban J connectivity index is 1.81. The molecule has 3 N–H and O–H groups in total. The molecule has 4 aromatic rings. The van der Waals surface area contributed by atoms with Crippen LogP contribution in [0.2, 0.25) is 0 Å². The van der Waals surface area contributed by atoms with Gasteiger partial charge in [-0.1, -0.05) is 12.1 Å². The molecule has 29 heavy (non-hydrogen) atoms. The van der Waals surface area contributed by atoms with Gasteiger partial charge in [0.05, 0.1) is 25.4 Å². The Morgan fingerprint density at radius 3 is 2.45 bits per heavy atom. The van der Waals surface area contributed by atoms with Gasteiger partial charge in [0.2, 0.25) is 5.95 Å². The maximum Gasteiger partial charge on any atom is 0.222 e. The molecule has 2 aromatic heterocycles. The van der Waals surface area contributed by atoms with Crippen LogP contribution in [0, 0.1) is 6.92 Å². The monoisotopic (exact) mass is 387 g/mol. The van der Waals surface area contributed by atoms with Crippen LogP contribution in [-0.2, 0) is 0 Å². The number of aryl methyl sites for hydroxylation is 1. The number of nitrogens with zero attached hydrogens (tertiary/aromatic N) is 3. The Hall–Kier alpha value is -3.87. The summed E-state index contributed by atoms with van der Waals surface area (Å²) in [6, 6.07) is 17.5. The fourth-order valence-electron chi connectivity index (χ4n) is 3.14. The molecule has 146 valence electrons. The van der Waals surface area contributed by atoms with Crippen molar-refractivity contribution in [1.82, 2.24) is 15.0 Å². The fourth-order valence-corrected chi connectivity index (χ4v) is 3.14. The van der Waals surface area contributed by atoms with Crippen LogP contribution < -0.4 is 20.5 Å². The predicted octanol–water partition coefficient (Wildman–Crippen LogP) is 4.34. The van der Waals surface area contributed by atoms with Gasteiger partial charge in [-0.3, -0.25) is 0 Å². The second-order valence-corrected chi connectivity index (χ2v) is 6.56. The number of fused-ring (bicyclic) bond motifs is 1. The van der Waals surface area contributed by atoms with E-state index in [9.17, 15) is 0 Å². The van der Waals surface area contributed by atoms with Crippen LogP contribution in [0.1, 0.15) is 5.56 Å². The van der Waals surface area contributed by atoms with Crippen LogP contribution in [0.25, 0.3) is 22.3 Å². The summed E-state index contributed by atoms with van der Waals surface area (Å²) in [6.07, 6.45) is 0. The molecule has 0 saturated heterocycles. The first-order chi connectivity index (χ1) is 14.1. The van der Waals surface area contributed by atoms with Gasteiger partial charge in [-0.05, 0) is 55.0 Å². The molecular formula is C22H21N5O2. The van der Waals surface area contributed by atoms with Gasteiger partial charge in [0.25, 0.3) is 0 Å². The zero-order valence-corrected chi connectivity index (χ0v) is 16.4. The van der Waals surface area contributed by atoms with E-state index < -0.39 is 0 Å². The molecule has 4 rings (SSSR count). The number of methoxy groups -OCH3 is 2. The fraction of sp³-hybridized carbons (Fsp3) is 0.136. The van der Waals surface area contributed by atoms with Crippen molar-refractivity contribution in [2.24, 2.45) is 0 Å². The summed E-state index contributed by atoms with van der Waals surface area (Å²) in [5, 5.41) is 3.31. The summed E-state index contributed by atoms with van der Waals surface area (Å²) in [4.78, 5) is 13.5. The van der Waals surface area contributed by atoms with Crippen LogP contribution in [-0.4, -0.2) is 29.2 Å². The number of hydrogen-bond donors (Lipinski definition) is 2. The Kier molecular flexibility index (Phi) is 4.87. The van der Waals surface area contributed by atoms with Crippen molar-refractivity contribution in [1.29, 1.82) is 0 Å². The number of nitrogens with one attached hydrogen (secondary N) is 1. The number of nitrogen functional groups attached to an aromatic ring is 1. The minimum atomic E-state index is 0.188. The van der Waals surface area contributed by atoms with Crippen molar-refractivity contribution < 1.29 is 9.47 Å². The van der Waals surface area contributed by atoms with Crippen molar-refractivity contribution >= 4 is 28.5 Å². The highest BCUT2D eigenvalue weighted by Crippen LogP contribution is 2.33. The summed E-state index contributed by atoms with van der Waals surface area (Å²) >= 11 is 0. The van der Waals surface area contributed by atoms with E-state index in [2.05, 4.69) is 15.3 Å². The highest BCUT2D eigenvalue weighted by atomic mass is 16.5. The number of ether oxygens (including phenoxy) is 2. The number of rotatable bonds is 5. The van der Waals surface area contributed by atoms with Crippen molar-refractivity contribution in [3.8, 4) is 22.8 Å². The second kappa shape index (κ2) is 7.63. The Morgan fingerprint density at radius 2 is 1.69 bits per heavy atom. The normalized spacial score (nSPS) is 10.7. The Bertz CT molecular complexity index is 1190. The quantitative estimate of drug-likeness (QED) is 0.526. The Morgan fingerprint density at radius 1 is 0.862 bits per heavy atom. The molecule has 0 atom stereocenters. The van der Waals surface area contributed by atoms with Gasteiger partial charge in [-0.25, -0.2) is 9.97 Å². The van der Waals surface area contributed by atoms with Crippen LogP contribution in [0.15, 0.2) is 54.6 Å². The van der Waals surface area contributed by atoms with Crippen LogP contribution in [0.4, 0.5) is 17.5 Å². The molecule has 0 spiro atoms. The van der Waals surface area contributed by atoms with Crippen molar-refractivity contribution in [3.05, 3.63) is 60.2 Å². The molecule has 2 heterocycles. The molecule has 0 bridgehead atoms. The predicted molar refractivity (Wildman–Crippen MR) is 115 cm³/mol. The molecule has 2 aromatic carbocycles. The number of hydrogen-bond acceptors (Lipinski definition) is 7. The molecule has 7 heteroatoms. The molecule has 0 fully saturated rings. The summed E-state index contributed by atoms with van der Waals surface area (Å²) in [5.74, 6) is 2.04. The SMILES string of the molecule is COc1ccc(-c2ccc3nc(N)nc(Nc4cccc(C)c4)c3n2)cc1OC. The maximum atomic E-state index is 5.91. The van der Waals surface area contributed by atoms with E-state index >= 15 is 0 Å². The van der Waals surface area contributed by atoms with E-state index in [0.717, 1.165) is 22.5 Å². The van der Waals surface area contributed by atoms with Gasteiger partial charge in [0.15, 0.2) is 17.3 Å². The lowest BCUT2D eigenvalue weighted by atomic mass is 10.1. The average molecular weight is 387 g/mol. The van der Waals surface area contributed by atoms with Crippen LogP contribution in [0.3, 0.4) is 0 Å². The number of pyridine rings is 1. The molecular weight excluding hydrogens is 366 g/mol. The molecule has 0 radical (unpaired) electrons. The second-order valence-electron chi connectivity index (χ2n) is 6.56. The molecule has 0 amide bonds. The third-order valence-corrected chi connectivity index (χ3v) is 4.52. The zero-order chi connectivity index (χ0) is 20.4. The van der Waals surface area contributed by atoms with E-state index in [4.69, 9.17) is 20.2 Å². The number of aromatic nitrogens is 3. The molecule has 0 aliphatic carbocycles. The minimum Gasteiger partial charge on any atom is -0.493 e. The van der Waals surface area contributed by atoms with Crippen molar-refractivity contribution in [3.63, 3.8) is 0 Å². The summed E-state index contributed by atoms with van der Waals surface area (Å²) in [7, 11) is 3.22. The number of nitrogens with two attached hydrogens (primary N) is 1. The average Bonchev–Trinajstić information content (AvgIpc) is 2.73. The smallest absolute Gasteiger partial charge is 0.222 e. The first kappa shape index (κ1) is 18.5. The van der Waals surface area contributed by atoms with Gasteiger partial charge in [0.1, 0.15) is 5.52 Å². The maximum absolute atomic E-state index is 5.91. The van der Waals surface area contributed by atoms with Crippen molar-refractivity contribution in [2.75, 3.05) is 25.3 Å². The van der Waals surface area contributed by atoms with Gasteiger partial charge in [-0.2, -0.15) is 4.98 Å².